The fraction of sp³-hybridized carbons (Fsp3) is 0.268. The van der Waals surface area contributed by atoms with Crippen molar-refractivity contribution in [2.24, 2.45) is 11.8 Å². The quantitative estimate of drug-likeness (QED) is 0.130. The highest BCUT2D eigenvalue weighted by atomic mass is 35.5. The number of hydrogen-bond donors (Lipinski definition) is 0. The minimum atomic E-state index is 0.415. The molecule has 4 aromatic carbocycles. The molecule has 2 atom stereocenters. The Morgan fingerprint density at radius 3 is 1.73 bits per heavy atom. The van der Waals surface area contributed by atoms with Crippen LogP contribution in [0.15, 0.2) is 159 Å². The van der Waals surface area contributed by atoms with Gasteiger partial charge in [-0.15, -0.1) is 0 Å². The first kappa shape index (κ1) is 42.1. The van der Waals surface area contributed by atoms with Crippen molar-refractivity contribution in [3.63, 3.8) is 0 Å². The summed E-state index contributed by atoms with van der Waals surface area (Å²) >= 11 is 7.58. The van der Waals surface area contributed by atoms with E-state index in [0.29, 0.717) is 11.8 Å². The van der Waals surface area contributed by atoms with Gasteiger partial charge in [0.2, 0.25) is 0 Å². The molecule has 3 aliphatic carbocycles. The SMILES string of the molecule is COc1ccc(C2=CC(c3ccc(OC)cc3)=C3CC(C)CC(/C=C4\CCCC(/C=C5\CC(C)Cc6c(-c7ccc(OC)cc7)cc(-c7ccc(OC)cc7)[o+]c65)=C4Cl)=C3O2)cc1. The maximum Gasteiger partial charge on any atom is 0.361 e. The van der Waals surface area contributed by atoms with Crippen LogP contribution in [-0.2, 0) is 11.2 Å². The Bertz CT molecular complexity index is 2710. The maximum atomic E-state index is 7.58. The van der Waals surface area contributed by atoms with Crippen LogP contribution in [0.1, 0.15) is 74.8 Å². The molecule has 0 fully saturated rings. The van der Waals surface area contributed by atoms with E-state index >= 15 is 0 Å². The van der Waals surface area contributed by atoms with Crippen LogP contribution in [-0.4, -0.2) is 28.4 Å². The van der Waals surface area contributed by atoms with Crippen molar-refractivity contribution >= 4 is 28.5 Å². The molecule has 7 heteroatoms. The molecule has 1 aromatic heterocycles. The first-order valence-electron chi connectivity index (χ1n) is 22.0. The molecule has 0 spiro atoms. The average molecular weight is 858 g/mol. The summed E-state index contributed by atoms with van der Waals surface area (Å²) in [6, 6.07) is 35.0. The second-order valence-electron chi connectivity index (χ2n) is 17.2. The Morgan fingerprint density at radius 2 is 1.13 bits per heavy atom. The predicted octanol–water partition coefficient (Wildman–Crippen LogP) is 14.7. The Kier molecular flexibility index (Phi) is 12.2. The lowest BCUT2D eigenvalue weighted by Gasteiger charge is -2.32. The van der Waals surface area contributed by atoms with Gasteiger partial charge in [0.25, 0.3) is 0 Å². The predicted molar refractivity (Wildman–Crippen MR) is 255 cm³/mol. The van der Waals surface area contributed by atoms with Crippen molar-refractivity contribution in [1.29, 1.82) is 0 Å². The molecular weight excluding hydrogens is 804 g/mol. The van der Waals surface area contributed by atoms with Crippen LogP contribution in [0.3, 0.4) is 0 Å². The summed E-state index contributed by atoms with van der Waals surface area (Å²) < 4.78 is 36.0. The highest BCUT2D eigenvalue weighted by molar-refractivity contribution is 6.32. The number of fused-ring (bicyclic) bond motifs is 2. The average Bonchev–Trinajstić information content (AvgIpc) is 3.32. The summed E-state index contributed by atoms with van der Waals surface area (Å²) in [5.41, 5.74) is 13.6. The van der Waals surface area contributed by atoms with Gasteiger partial charge in [-0.25, -0.2) is 4.42 Å². The van der Waals surface area contributed by atoms with Gasteiger partial charge in [0.15, 0.2) is 0 Å². The Balaban J connectivity index is 1.15. The standard InChI is InChI=1S/C56H54ClO6/c1-34-26-42(55-50(28-34)48(36-10-18-44(58-3)19-11-36)32-52(62-55)38-14-22-46(60-5)23-15-38)30-40-8-7-9-41(54(40)57)31-43-27-35(2)29-51-49(37-12-20-45(59-4)21-13-37)33-53(63-56(43)51)39-16-24-47(61-6)25-17-39/h10-25,30-35H,7-9,26-29H2,1-6H3/q+1. The molecule has 2 heterocycles. The molecule has 0 saturated heterocycles. The molecule has 5 aromatic rings. The fourth-order valence-corrected chi connectivity index (χ4v) is 9.77. The van der Waals surface area contributed by atoms with Crippen LogP contribution in [0, 0.1) is 11.8 Å². The lowest BCUT2D eigenvalue weighted by atomic mass is 9.79. The third kappa shape index (κ3) is 8.74. The van der Waals surface area contributed by atoms with Crippen LogP contribution in [0.4, 0.5) is 0 Å². The molecule has 0 N–H and O–H groups in total. The van der Waals surface area contributed by atoms with E-state index in [2.05, 4.69) is 86.7 Å². The third-order valence-electron chi connectivity index (χ3n) is 12.7. The first-order chi connectivity index (χ1) is 30.7. The molecule has 63 heavy (non-hydrogen) atoms. The summed E-state index contributed by atoms with van der Waals surface area (Å²) in [5, 5.41) is 0.823. The first-order valence-corrected chi connectivity index (χ1v) is 22.3. The number of rotatable bonds is 10. The minimum absolute atomic E-state index is 0.415. The zero-order chi connectivity index (χ0) is 43.6. The van der Waals surface area contributed by atoms with Crippen LogP contribution < -0.4 is 18.9 Å². The summed E-state index contributed by atoms with van der Waals surface area (Å²) in [5.74, 6) is 7.56. The molecule has 9 rings (SSSR count). The van der Waals surface area contributed by atoms with Crippen LogP contribution in [0.2, 0.25) is 0 Å². The summed E-state index contributed by atoms with van der Waals surface area (Å²) in [7, 11) is 6.78. The van der Waals surface area contributed by atoms with Gasteiger partial charge in [-0.2, -0.15) is 0 Å². The van der Waals surface area contributed by atoms with E-state index in [4.69, 9.17) is 39.7 Å². The molecule has 320 valence electrons. The second-order valence-corrected chi connectivity index (χ2v) is 17.5. The molecule has 1 aliphatic heterocycles. The van der Waals surface area contributed by atoms with Gasteiger partial charge >= 0.3 is 11.5 Å². The lowest BCUT2D eigenvalue weighted by molar-refractivity contribution is 0.357. The molecule has 0 bridgehead atoms. The van der Waals surface area contributed by atoms with E-state index in [1.807, 2.05) is 48.5 Å². The number of hydrogen-bond acceptors (Lipinski definition) is 5. The number of allylic oxidation sites excluding steroid dienone is 10. The molecule has 2 unspecified atom stereocenters. The van der Waals surface area contributed by atoms with Gasteiger partial charge in [0.05, 0.1) is 51.2 Å². The normalized spacial score (nSPS) is 20.0. The van der Waals surface area contributed by atoms with Crippen LogP contribution in [0.25, 0.3) is 39.4 Å². The van der Waals surface area contributed by atoms with Gasteiger partial charge in [-0.3, -0.25) is 0 Å². The number of halogens is 1. The number of methoxy groups -OCH3 is 4. The Labute approximate surface area is 376 Å². The van der Waals surface area contributed by atoms with Crippen molar-refractivity contribution in [3.05, 3.63) is 177 Å². The van der Waals surface area contributed by atoms with Gasteiger partial charge in [0.1, 0.15) is 34.5 Å². The van der Waals surface area contributed by atoms with Crippen molar-refractivity contribution in [2.45, 2.75) is 58.8 Å². The van der Waals surface area contributed by atoms with Crippen LogP contribution >= 0.6 is 11.6 Å². The van der Waals surface area contributed by atoms with Gasteiger partial charge in [0, 0.05) is 21.7 Å². The summed E-state index contributed by atoms with van der Waals surface area (Å²) in [4.78, 5) is 0. The Morgan fingerprint density at radius 1 is 0.587 bits per heavy atom. The topological polar surface area (TPSA) is 57.5 Å². The molecular formula is C56H54ClO6+. The fourth-order valence-electron chi connectivity index (χ4n) is 9.47. The third-order valence-corrected chi connectivity index (χ3v) is 13.2. The van der Waals surface area contributed by atoms with E-state index in [9.17, 15) is 0 Å². The summed E-state index contributed by atoms with van der Waals surface area (Å²) in [6.45, 7) is 4.66. The second kappa shape index (κ2) is 18.2. The smallest absolute Gasteiger partial charge is 0.361 e. The van der Waals surface area contributed by atoms with E-state index in [1.165, 1.54) is 33.4 Å². The molecule has 0 saturated carbocycles. The Hall–Kier alpha value is -6.24. The van der Waals surface area contributed by atoms with Crippen LogP contribution in [0.5, 0.6) is 23.0 Å². The number of ether oxygens (including phenoxy) is 5. The lowest BCUT2D eigenvalue weighted by Crippen LogP contribution is -2.16. The van der Waals surface area contributed by atoms with Crippen molar-refractivity contribution in [2.75, 3.05) is 28.4 Å². The van der Waals surface area contributed by atoms with E-state index < -0.39 is 0 Å². The van der Waals surface area contributed by atoms with E-state index in [0.717, 1.165) is 129 Å². The zero-order valence-corrected chi connectivity index (χ0v) is 37.7. The van der Waals surface area contributed by atoms with Crippen molar-refractivity contribution in [1.82, 2.24) is 0 Å². The van der Waals surface area contributed by atoms with Gasteiger partial charge in [-0.05, 0) is 175 Å². The monoisotopic (exact) mass is 857 g/mol. The number of benzene rings is 4. The van der Waals surface area contributed by atoms with Gasteiger partial charge < -0.3 is 23.7 Å². The van der Waals surface area contributed by atoms with E-state index in [1.54, 1.807) is 28.4 Å². The van der Waals surface area contributed by atoms with Crippen molar-refractivity contribution < 1.29 is 28.1 Å². The van der Waals surface area contributed by atoms with E-state index in [-0.39, 0.29) is 0 Å². The van der Waals surface area contributed by atoms with Gasteiger partial charge in [-0.1, -0.05) is 55.8 Å². The molecule has 0 amide bonds. The minimum Gasteiger partial charge on any atom is -0.497 e. The molecule has 6 nitrogen and oxygen atoms in total. The molecule has 4 aliphatic rings. The highest BCUT2D eigenvalue weighted by Gasteiger charge is 2.36. The maximum absolute atomic E-state index is 7.58. The molecule has 0 radical (unpaired) electrons. The zero-order valence-electron chi connectivity index (χ0n) is 37.0. The highest BCUT2D eigenvalue weighted by Crippen LogP contribution is 2.48. The summed E-state index contributed by atoms with van der Waals surface area (Å²) in [6.07, 6.45) is 13.2. The van der Waals surface area contributed by atoms with Crippen molar-refractivity contribution in [3.8, 4) is 45.4 Å². The largest absolute Gasteiger partial charge is 0.497 e.